The molecule has 0 radical (unpaired) electrons. The third-order valence-electron chi connectivity index (χ3n) is 2.05. The van der Waals surface area contributed by atoms with E-state index >= 15 is 0 Å². The summed E-state index contributed by atoms with van der Waals surface area (Å²) in [5, 5.41) is 2.10. The molecule has 0 fully saturated rings. The smallest absolute Gasteiger partial charge is 0.359 e. The molecule has 0 spiro atoms. The molecule has 0 atom stereocenters. The van der Waals surface area contributed by atoms with Crippen LogP contribution in [0, 0.1) is 0 Å². The highest BCUT2D eigenvalue weighted by Gasteiger charge is 2.27. The van der Waals surface area contributed by atoms with Crippen molar-refractivity contribution < 1.29 is 13.2 Å². The normalized spacial score (nSPS) is 11.8. The van der Waals surface area contributed by atoms with Crippen molar-refractivity contribution in [2.45, 2.75) is 6.18 Å². The van der Waals surface area contributed by atoms with E-state index in [2.05, 4.69) is 52.1 Å². The topological polar surface area (TPSA) is 70.7 Å². The Labute approximate surface area is 120 Å². The number of aromatic amines is 1. The molecular weight excluding hydrogens is 397 g/mol. The zero-order chi connectivity index (χ0) is 14.2. The third-order valence-corrected chi connectivity index (χ3v) is 3.19. The summed E-state index contributed by atoms with van der Waals surface area (Å²) in [4.78, 5) is 21.7. The lowest BCUT2D eigenvalue weighted by Crippen LogP contribution is -2.22. The molecule has 2 heterocycles. The van der Waals surface area contributed by atoms with Crippen LogP contribution in [0.25, 0.3) is 11.2 Å². The highest BCUT2D eigenvalue weighted by Crippen LogP contribution is 2.23. The first-order valence-electron chi connectivity index (χ1n) is 4.83. The summed E-state index contributed by atoms with van der Waals surface area (Å²) >= 11 is 6.04. The van der Waals surface area contributed by atoms with Gasteiger partial charge in [-0.2, -0.15) is 13.2 Å². The van der Waals surface area contributed by atoms with Crippen LogP contribution >= 0.6 is 31.9 Å². The monoisotopic (exact) mass is 400 g/mol. The van der Waals surface area contributed by atoms with Crippen molar-refractivity contribution in [3.63, 3.8) is 0 Å². The van der Waals surface area contributed by atoms with Crippen molar-refractivity contribution >= 4 is 48.8 Å². The highest BCUT2D eigenvalue weighted by atomic mass is 79.9. The van der Waals surface area contributed by atoms with Crippen molar-refractivity contribution in [3.05, 3.63) is 25.5 Å². The maximum atomic E-state index is 12.1. The zero-order valence-electron chi connectivity index (χ0n) is 8.98. The molecule has 19 heavy (non-hydrogen) atoms. The number of hydrogen-bond acceptors (Lipinski definition) is 4. The van der Waals surface area contributed by atoms with E-state index in [1.165, 1.54) is 6.07 Å². The van der Waals surface area contributed by atoms with Gasteiger partial charge in [-0.3, -0.25) is 4.79 Å². The SMILES string of the molecule is O=c1[nH]c2nc(NCC(F)(F)F)c(Br)nc2cc1Br. The average Bonchev–Trinajstić information content (AvgIpc) is 2.28. The van der Waals surface area contributed by atoms with Crippen LogP contribution in [0.3, 0.4) is 0 Å². The van der Waals surface area contributed by atoms with Crippen LogP contribution in [0.4, 0.5) is 19.0 Å². The van der Waals surface area contributed by atoms with Gasteiger partial charge in [0.1, 0.15) is 16.7 Å². The van der Waals surface area contributed by atoms with E-state index in [-0.39, 0.29) is 20.5 Å². The number of pyridine rings is 1. The molecule has 0 unspecified atom stereocenters. The number of halogens is 5. The fourth-order valence-electron chi connectivity index (χ4n) is 1.27. The van der Waals surface area contributed by atoms with Gasteiger partial charge in [0.15, 0.2) is 11.5 Å². The Morgan fingerprint density at radius 1 is 1.32 bits per heavy atom. The quantitative estimate of drug-likeness (QED) is 0.811. The van der Waals surface area contributed by atoms with Crippen molar-refractivity contribution in [3.8, 4) is 0 Å². The van der Waals surface area contributed by atoms with Crippen LogP contribution in [0.1, 0.15) is 0 Å². The van der Waals surface area contributed by atoms with Crippen molar-refractivity contribution in [2.75, 3.05) is 11.9 Å². The standard InChI is InChI=1S/C9H5Br2F3N4O/c10-3-1-4-6(18-8(3)19)17-7(5(11)16-4)15-2-9(12,13)14/h1H,2H2,(H2,15,17,18,19). The lowest BCUT2D eigenvalue weighted by molar-refractivity contribution is -0.115. The maximum Gasteiger partial charge on any atom is 0.405 e. The van der Waals surface area contributed by atoms with E-state index in [0.717, 1.165) is 0 Å². The van der Waals surface area contributed by atoms with Gasteiger partial charge in [-0.25, -0.2) is 9.97 Å². The van der Waals surface area contributed by atoms with E-state index in [0.29, 0.717) is 5.52 Å². The van der Waals surface area contributed by atoms with Gasteiger partial charge in [0.2, 0.25) is 0 Å². The van der Waals surface area contributed by atoms with Crippen molar-refractivity contribution in [2.24, 2.45) is 0 Å². The molecule has 10 heteroatoms. The lowest BCUT2D eigenvalue weighted by atomic mass is 10.4. The van der Waals surface area contributed by atoms with Gasteiger partial charge >= 0.3 is 6.18 Å². The number of fused-ring (bicyclic) bond motifs is 1. The van der Waals surface area contributed by atoms with Crippen molar-refractivity contribution in [1.29, 1.82) is 0 Å². The first kappa shape index (κ1) is 14.3. The molecule has 0 amide bonds. The minimum absolute atomic E-state index is 0.0946. The van der Waals surface area contributed by atoms with E-state index in [1.807, 2.05) is 0 Å². The second-order valence-corrected chi connectivity index (χ2v) is 5.12. The summed E-state index contributed by atoms with van der Waals surface area (Å²) in [5.74, 6) is -0.0946. The van der Waals surface area contributed by atoms with Crippen molar-refractivity contribution in [1.82, 2.24) is 15.0 Å². The summed E-state index contributed by atoms with van der Waals surface area (Å²) in [7, 11) is 0. The highest BCUT2D eigenvalue weighted by molar-refractivity contribution is 9.10. The first-order chi connectivity index (χ1) is 8.76. The molecule has 5 nitrogen and oxygen atoms in total. The van der Waals surface area contributed by atoms with Gasteiger partial charge in [-0.05, 0) is 37.9 Å². The number of rotatable bonds is 2. The second-order valence-electron chi connectivity index (χ2n) is 3.51. The second kappa shape index (κ2) is 5.08. The summed E-state index contributed by atoms with van der Waals surface area (Å²) in [5.41, 5.74) is 0.00266. The fraction of sp³-hybridized carbons (Fsp3) is 0.222. The number of aromatic nitrogens is 3. The van der Waals surface area contributed by atoms with Gasteiger partial charge < -0.3 is 10.3 Å². The molecule has 0 saturated heterocycles. The molecule has 0 aliphatic rings. The van der Waals surface area contributed by atoms with Gasteiger partial charge in [-0.1, -0.05) is 0 Å². The number of alkyl halides is 3. The molecule has 2 aromatic heterocycles. The third kappa shape index (κ3) is 3.44. The number of nitrogens with one attached hydrogen (secondary N) is 2. The average molecular weight is 402 g/mol. The molecule has 2 aromatic rings. The van der Waals surface area contributed by atoms with E-state index in [1.54, 1.807) is 0 Å². The van der Waals surface area contributed by atoms with Crippen LogP contribution in [-0.2, 0) is 0 Å². The molecule has 0 aliphatic carbocycles. The zero-order valence-corrected chi connectivity index (χ0v) is 12.1. The summed E-state index contributed by atoms with van der Waals surface area (Å²) < 4.78 is 36.7. The van der Waals surface area contributed by atoms with E-state index in [4.69, 9.17) is 0 Å². The molecule has 0 saturated carbocycles. The lowest BCUT2D eigenvalue weighted by Gasteiger charge is -2.10. The molecular formula is C9H5Br2F3N4O. The van der Waals surface area contributed by atoms with Crippen LogP contribution in [0.15, 0.2) is 19.9 Å². The summed E-state index contributed by atoms with van der Waals surface area (Å²) in [6, 6.07) is 1.43. The number of anilines is 1. The Bertz CT molecular complexity index is 685. The molecule has 102 valence electrons. The number of nitrogens with zero attached hydrogens (tertiary/aromatic N) is 2. The van der Waals surface area contributed by atoms with Gasteiger partial charge in [0, 0.05) is 0 Å². The van der Waals surface area contributed by atoms with Crippen LogP contribution < -0.4 is 10.9 Å². The molecule has 0 aromatic carbocycles. The Morgan fingerprint density at radius 2 is 2.00 bits per heavy atom. The van der Waals surface area contributed by atoms with Gasteiger partial charge in [0.25, 0.3) is 5.56 Å². The predicted molar refractivity (Wildman–Crippen MR) is 70.1 cm³/mol. The number of H-pyrrole nitrogens is 1. The van der Waals surface area contributed by atoms with E-state index in [9.17, 15) is 18.0 Å². The Hall–Kier alpha value is -1.16. The summed E-state index contributed by atoms with van der Waals surface area (Å²) in [6.45, 7) is -1.24. The van der Waals surface area contributed by atoms with Gasteiger partial charge in [0.05, 0.1) is 4.47 Å². The summed E-state index contributed by atoms with van der Waals surface area (Å²) in [6.07, 6.45) is -4.37. The Morgan fingerprint density at radius 3 is 2.63 bits per heavy atom. The molecule has 0 bridgehead atoms. The van der Waals surface area contributed by atoms with E-state index < -0.39 is 18.3 Å². The maximum absolute atomic E-state index is 12.1. The molecule has 0 aliphatic heterocycles. The Kier molecular flexibility index (Phi) is 3.81. The van der Waals surface area contributed by atoms with Crippen LogP contribution in [-0.4, -0.2) is 27.7 Å². The predicted octanol–water partition coefficient (Wildman–Crippen LogP) is 2.82. The Balaban J connectivity index is 2.43. The minimum atomic E-state index is -4.37. The van der Waals surface area contributed by atoms with Crippen LogP contribution in [0.5, 0.6) is 0 Å². The van der Waals surface area contributed by atoms with Gasteiger partial charge in [-0.15, -0.1) is 0 Å². The molecule has 2 N–H and O–H groups in total. The number of hydrogen-bond donors (Lipinski definition) is 2. The first-order valence-corrected chi connectivity index (χ1v) is 6.41. The fourth-order valence-corrected chi connectivity index (χ4v) is 2.00. The minimum Gasteiger partial charge on any atom is -0.359 e. The largest absolute Gasteiger partial charge is 0.405 e. The van der Waals surface area contributed by atoms with Crippen LogP contribution in [0.2, 0.25) is 0 Å². The molecule has 2 rings (SSSR count).